The molecule has 2 N–H and O–H groups in total. The number of nitrogens with one attached hydrogen (secondary N) is 1. The Kier molecular flexibility index (Phi) is 5.80. The smallest absolute Gasteiger partial charge is 0.407 e. The Labute approximate surface area is 199 Å². The molecular formula is C27H30N2O5. The highest BCUT2D eigenvalue weighted by molar-refractivity contribution is 5.87. The molecule has 7 nitrogen and oxygen atoms in total. The van der Waals surface area contributed by atoms with Gasteiger partial charge in [-0.1, -0.05) is 61.9 Å². The number of benzene rings is 2. The summed E-state index contributed by atoms with van der Waals surface area (Å²) in [4.78, 5) is 39.4. The second kappa shape index (κ2) is 8.78. The Bertz CT molecular complexity index is 1090. The van der Waals surface area contributed by atoms with Gasteiger partial charge >= 0.3 is 12.1 Å². The molecule has 3 aliphatic rings. The molecule has 0 radical (unpaired) electrons. The van der Waals surface area contributed by atoms with Crippen LogP contribution >= 0.6 is 0 Å². The second-order valence-electron chi connectivity index (χ2n) is 9.70. The number of rotatable bonds is 6. The normalized spacial score (nSPS) is 23.7. The number of carbonyl (C=O) groups excluding carboxylic acids is 2. The van der Waals surface area contributed by atoms with Crippen molar-refractivity contribution in [2.45, 2.75) is 44.6 Å². The lowest BCUT2D eigenvalue weighted by Crippen LogP contribution is -2.48. The third kappa shape index (κ3) is 3.63. The van der Waals surface area contributed by atoms with Crippen LogP contribution in [0.15, 0.2) is 48.5 Å². The van der Waals surface area contributed by atoms with Gasteiger partial charge in [-0.3, -0.25) is 9.59 Å². The van der Waals surface area contributed by atoms with Crippen LogP contribution in [0.2, 0.25) is 0 Å². The van der Waals surface area contributed by atoms with Crippen LogP contribution in [0.1, 0.15) is 49.7 Å². The number of carboxylic acids is 1. The summed E-state index contributed by atoms with van der Waals surface area (Å²) in [5.74, 6) is -1.11. The predicted octanol–water partition coefficient (Wildman–Crippen LogP) is 4.02. The molecule has 2 unspecified atom stereocenters. The van der Waals surface area contributed by atoms with Crippen molar-refractivity contribution >= 4 is 18.0 Å². The van der Waals surface area contributed by atoms with Crippen LogP contribution in [0, 0.1) is 11.3 Å². The van der Waals surface area contributed by atoms with E-state index in [1.807, 2.05) is 31.2 Å². The van der Waals surface area contributed by atoms with E-state index in [2.05, 4.69) is 29.6 Å². The molecule has 1 saturated heterocycles. The summed E-state index contributed by atoms with van der Waals surface area (Å²) in [5, 5.41) is 12.5. The van der Waals surface area contributed by atoms with E-state index in [1.165, 1.54) is 0 Å². The van der Waals surface area contributed by atoms with Crippen molar-refractivity contribution in [1.82, 2.24) is 10.2 Å². The van der Waals surface area contributed by atoms with Crippen molar-refractivity contribution < 1.29 is 24.2 Å². The number of ether oxygens (including phenoxy) is 1. The number of carbonyl (C=O) groups is 3. The molecule has 1 aliphatic heterocycles. The van der Waals surface area contributed by atoms with Gasteiger partial charge in [0.1, 0.15) is 12.6 Å². The van der Waals surface area contributed by atoms with E-state index in [4.69, 9.17) is 4.74 Å². The van der Waals surface area contributed by atoms with Gasteiger partial charge in [0.25, 0.3) is 0 Å². The standard InChI is InChI=1S/C27H30N2O5/c1-2-23(24(30)29-14-17-8-7-13-27(17,16-29)25(31)32)28-26(33)34-15-22-20-11-5-3-9-18(20)19-10-4-6-12-21(19)22/h3-6,9-12,17,22-23H,2,7-8,13-16H2,1H3,(H,28,33)(H,31,32)/t17?,23-,27?/m0/s1. The van der Waals surface area contributed by atoms with E-state index < -0.39 is 23.5 Å². The monoisotopic (exact) mass is 462 g/mol. The number of amides is 2. The molecular weight excluding hydrogens is 432 g/mol. The minimum atomic E-state index is -0.836. The molecule has 3 atom stereocenters. The lowest BCUT2D eigenvalue weighted by atomic mass is 9.81. The Balaban J connectivity index is 1.22. The number of carboxylic acid groups (broad SMARTS) is 1. The number of likely N-dealkylation sites (tertiary alicyclic amines) is 1. The van der Waals surface area contributed by atoms with Crippen molar-refractivity contribution in [3.8, 4) is 11.1 Å². The summed E-state index contributed by atoms with van der Waals surface area (Å²) in [6.07, 6.45) is 2.09. The molecule has 1 saturated carbocycles. The third-order valence-electron chi connectivity index (χ3n) is 7.95. The average Bonchev–Trinajstić information content (AvgIpc) is 3.51. The highest BCUT2D eigenvalue weighted by Crippen LogP contribution is 2.49. The minimum Gasteiger partial charge on any atom is -0.481 e. The predicted molar refractivity (Wildman–Crippen MR) is 126 cm³/mol. The molecule has 0 spiro atoms. The summed E-state index contributed by atoms with van der Waals surface area (Å²) in [6, 6.07) is 15.5. The molecule has 2 aromatic rings. The Morgan fingerprint density at radius 1 is 1.12 bits per heavy atom. The minimum absolute atomic E-state index is 0.0130. The zero-order valence-corrected chi connectivity index (χ0v) is 19.3. The van der Waals surface area contributed by atoms with E-state index in [-0.39, 0.29) is 30.9 Å². The zero-order valence-electron chi connectivity index (χ0n) is 19.3. The maximum atomic E-state index is 13.2. The molecule has 1 heterocycles. The molecule has 2 amide bonds. The molecule has 0 bridgehead atoms. The number of aliphatic carboxylic acids is 1. The first-order valence-corrected chi connectivity index (χ1v) is 12.1. The SMILES string of the molecule is CC[C@H](NC(=O)OCC1c2ccccc2-c2ccccc21)C(=O)N1CC2CCCC2(C(=O)O)C1. The first-order valence-electron chi connectivity index (χ1n) is 12.1. The Morgan fingerprint density at radius 3 is 2.35 bits per heavy atom. The lowest BCUT2D eigenvalue weighted by molar-refractivity contribution is -0.149. The molecule has 2 aromatic carbocycles. The summed E-state index contributed by atoms with van der Waals surface area (Å²) in [7, 11) is 0. The van der Waals surface area contributed by atoms with Gasteiger partial charge in [-0.2, -0.15) is 0 Å². The van der Waals surface area contributed by atoms with Gasteiger partial charge in [0.15, 0.2) is 0 Å². The van der Waals surface area contributed by atoms with E-state index >= 15 is 0 Å². The lowest BCUT2D eigenvalue weighted by Gasteiger charge is -2.26. The van der Waals surface area contributed by atoms with Crippen LogP contribution in [-0.4, -0.2) is 53.7 Å². The van der Waals surface area contributed by atoms with Crippen molar-refractivity contribution in [3.63, 3.8) is 0 Å². The van der Waals surface area contributed by atoms with E-state index in [0.29, 0.717) is 19.4 Å². The van der Waals surface area contributed by atoms with Crippen LogP contribution in [-0.2, 0) is 14.3 Å². The summed E-state index contributed by atoms with van der Waals surface area (Å²) in [5.41, 5.74) is 3.73. The van der Waals surface area contributed by atoms with Crippen LogP contribution in [0.3, 0.4) is 0 Å². The number of fused-ring (bicyclic) bond motifs is 4. The molecule has 178 valence electrons. The highest BCUT2D eigenvalue weighted by atomic mass is 16.5. The fourth-order valence-corrected chi connectivity index (χ4v) is 6.15. The second-order valence-corrected chi connectivity index (χ2v) is 9.70. The summed E-state index contributed by atoms with van der Waals surface area (Å²) >= 11 is 0. The first-order chi connectivity index (χ1) is 16.4. The summed E-state index contributed by atoms with van der Waals surface area (Å²) in [6.45, 7) is 2.66. The molecule has 34 heavy (non-hydrogen) atoms. The molecule has 2 fully saturated rings. The van der Waals surface area contributed by atoms with Gasteiger partial charge < -0.3 is 20.1 Å². The average molecular weight is 463 g/mol. The fourth-order valence-electron chi connectivity index (χ4n) is 6.15. The molecule has 0 aromatic heterocycles. The third-order valence-corrected chi connectivity index (χ3v) is 7.95. The number of nitrogens with zero attached hydrogens (tertiary/aromatic N) is 1. The largest absolute Gasteiger partial charge is 0.481 e. The number of hydrogen-bond donors (Lipinski definition) is 2. The van der Waals surface area contributed by atoms with Crippen LogP contribution in [0.5, 0.6) is 0 Å². The Morgan fingerprint density at radius 2 is 1.76 bits per heavy atom. The molecule has 5 rings (SSSR count). The van der Waals surface area contributed by atoms with Crippen LogP contribution < -0.4 is 5.32 Å². The number of alkyl carbamates (subject to hydrolysis) is 1. The van der Waals surface area contributed by atoms with Gasteiger partial charge in [-0.05, 0) is 47.4 Å². The van der Waals surface area contributed by atoms with Crippen LogP contribution in [0.25, 0.3) is 11.1 Å². The Hall–Kier alpha value is -3.35. The fraction of sp³-hybridized carbons (Fsp3) is 0.444. The highest BCUT2D eigenvalue weighted by Gasteiger charge is 2.56. The van der Waals surface area contributed by atoms with Gasteiger partial charge in [0, 0.05) is 19.0 Å². The van der Waals surface area contributed by atoms with Gasteiger partial charge in [-0.25, -0.2) is 4.79 Å². The molecule has 2 aliphatic carbocycles. The summed E-state index contributed by atoms with van der Waals surface area (Å²) < 4.78 is 5.60. The van der Waals surface area contributed by atoms with Crippen molar-refractivity contribution in [2.75, 3.05) is 19.7 Å². The van der Waals surface area contributed by atoms with E-state index in [1.54, 1.807) is 4.90 Å². The van der Waals surface area contributed by atoms with Crippen LogP contribution in [0.4, 0.5) is 4.79 Å². The van der Waals surface area contributed by atoms with Crippen molar-refractivity contribution in [2.24, 2.45) is 11.3 Å². The molecule has 7 heteroatoms. The number of hydrogen-bond acceptors (Lipinski definition) is 4. The van der Waals surface area contributed by atoms with E-state index in [9.17, 15) is 19.5 Å². The topological polar surface area (TPSA) is 95.9 Å². The van der Waals surface area contributed by atoms with Gasteiger partial charge in [0.05, 0.1) is 5.41 Å². The first kappa shape index (κ1) is 22.4. The van der Waals surface area contributed by atoms with Gasteiger partial charge in [-0.15, -0.1) is 0 Å². The van der Waals surface area contributed by atoms with E-state index in [0.717, 1.165) is 35.1 Å². The van der Waals surface area contributed by atoms with Crippen molar-refractivity contribution in [3.05, 3.63) is 59.7 Å². The van der Waals surface area contributed by atoms with Gasteiger partial charge in [0.2, 0.25) is 5.91 Å². The maximum absolute atomic E-state index is 13.2. The maximum Gasteiger partial charge on any atom is 0.407 e. The quantitative estimate of drug-likeness (QED) is 0.676. The zero-order chi connectivity index (χ0) is 23.9. The van der Waals surface area contributed by atoms with Crippen molar-refractivity contribution in [1.29, 1.82) is 0 Å².